The number of unbranched alkanes of at least 4 members (excludes halogenated alkanes) is 1. The number of carbonyl (C=O) groups is 5. The van der Waals surface area contributed by atoms with Gasteiger partial charge in [0.25, 0.3) is 0 Å². The van der Waals surface area contributed by atoms with Crippen LogP contribution in [0.1, 0.15) is 51.6 Å². The average molecular weight is 512 g/mol. The van der Waals surface area contributed by atoms with Crippen LogP contribution in [0.4, 0.5) is 0 Å². The van der Waals surface area contributed by atoms with Crippen molar-refractivity contribution >= 4 is 29.7 Å². The van der Waals surface area contributed by atoms with E-state index in [1.165, 1.54) is 12.5 Å². The number of H-pyrrole nitrogens is 1. The number of carbonyl (C=O) groups excluding carboxylic acids is 3. The maximum Gasteiger partial charge on any atom is 0.326 e. The highest BCUT2D eigenvalue weighted by Crippen LogP contribution is 2.07. The summed E-state index contributed by atoms with van der Waals surface area (Å²) in [5.41, 5.74) is 11.8. The SMILES string of the molecule is CC(C)CC(N)C(=O)NC(Cc1cnc[nH]1)C(=O)NC(CC(=O)O)C(=O)NC(CCCCN)C(=O)O. The molecule has 4 unspecified atom stereocenters. The maximum atomic E-state index is 13.1. The lowest BCUT2D eigenvalue weighted by molar-refractivity contribution is -0.143. The molecule has 1 aromatic heterocycles. The van der Waals surface area contributed by atoms with Crippen molar-refractivity contribution in [2.45, 2.75) is 76.5 Å². The summed E-state index contributed by atoms with van der Waals surface area (Å²) < 4.78 is 0. The second kappa shape index (κ2) is 15.5. The second-order valence-corrected chi connectivity index (χ2v) is 8.92. The normalized spacial score (nSPS) is 14.4. The number of hydrogen-bond donors (Lipinski definition) is 8. The molecule has 0 aliphatic rings. The van der Waals surface area contributed by atoms with Gasteiger partial charge in [-0.3, -0.25) is 19.2 Å². The second-order valence-electron chi connectivity index (χ2n) is 8.92. The first-order valence-electron chi connectivity index (χ1n) is 11.7. The highest BCUT2D eigenvalue weighted by Gasteiger charge is 2.32. The van der Waals surface area contributed by atoms with Gasteiger partial charge in [0.05, 0.1) is 18.8 Å². The van der Waals surface area contributed by atoms with E-state index in [0.717, 1.165) is 0 Å². The lowest BCUT2D eigenvalue weighted by atomic mass is 10.0. The Morgan fingerprint density at radius 3 is 2.11 bits per heavy atom. The molecule has 14 nitrogen and oxygen atoms in total. The maximum absolute atomic E-state index is 13.1. The van der Waals surface area contributed by atoms with E-state index in [0.29, 0.717) is 31.5 Å². The molecular weight excluding hydrogens is 474 g/mol. The van der Waals surface area contributed by atoms with Crippen LogP contribution in [0.15, 0.2) is 12.5 Å². The van der Waals surface area contributed by atoms with Gasteiger partial charge < -0.3 is 42.6 Å². The van der Waals surface area contributed by atoms with E-state index in [1.807, 2.05) is 13.8 Å². The van der Waals surface area contributed by atoms with E-state index in [2.05, 4.69) is 25.9 Å². The first kappa shape index (κ1) is 30.5. The molecule has 0 aliphatic heterocycles. The van der Waals surface area contributed by atoms with Gasteiger partial charge in [0, 0.05) is 18.3 Å². The predicted octanol–water partition coefficient (Wildman–Crippen LogP) is -1.53. The zero-order valence-corrected chi connectivity index (χ0v) is 20.5. The average Bonchev–Trinajstić information content (AvgIpc) is 3.29. The molecule has 0 saturated heterocycles. The number of rotatable bonds is 17. The molecule has 14 heteroatoms. The number of aliphatic carboxylic acids is 2. The number of aromatic nitrogens is 2. The van der Waals surface area contributed by atoms with E-state index in [1.54, 1.807) is 0 Å². The third-order valence-electron chi connectivity index (χ3n) is 5.25. The van der Waals surface area contributed by atoms with Crippen molar-refractivity contribution in [3.05, 3.63) is 18.2 Å². The highest BCUT2D eigenvalue weighted by atomic mass is 16.4. The molecule has 0 aliphatic carbocycles. The van der Waals surface area contributed by atoms with Gasteiger partial charge >= 0.3 is 11.9 Å². The van der Waals surface area contributed by atoms with Gasteiger partial charge in [-0.25, -0.2) is 9.78 Å². The Labute approximate surface area is 209 Å². The fourth-order valence-electron chi connectivity index (χ4n) is 3.40. The summed E-state index contributed by atoms with van der Waals surface area (Å²) in [4.78, 5) is 68.0. The third kappa shape index (κ3) is 11.3. The quantitative estimate of drug-likeness (QED) is 0.112. The standard InChI is InChI=1S/C22H37N7O7/c1-12(2)7-14(24)19(32)28-16(8-13-10-25-11-26-13)20(33)29-17(9-18(30)31)21(34)27-15(22(35)36)5-3-4-6-23/h10-12,14-17H,3-9,23-24H2,1-2H3,(H,25,26)(H,27,34)(H,28,32)(H,29,33)(H,30,31)(H,35,36). The van der Waals surface area contributed by atoms with Gasteiger partial charge in [-0.2, -0.15) is 0 Å². The van der Waals surface area contributed by atoms with Gasteiger partial charge in [0.15, 0.2) is 0 Å². The molecule has 0 spiro atoms. The molecule has 202 valence electrons. The van der Waals surface area contributed by atoms with Crippen molar-refractivity contribution < 1.29 is 34.2 Å². The van der Waals surface area contributed by atoms with E-state index in [-0.39, 0.29) is 18.8 Å². The fourth-order valence-corrected chi connectivity index (χ4v) is 3.40. The van der Waals surface area contributed by atoms with Crippen LogP contribution in [-0.2, 0) is 30.4 Å². The van der Waals surface area contributed by atoms with Crippen molar-refractivity contribution in [3.63, 3.8) is 0 Å². The first-order valence-corrected chi connectivity index (χ1v) is 11.7. The molecule has 1 heterocycles. The Bertz CT molecular complexity index is 876. The minimum absolute atomic E-state index is 0.0375. The summed E-state index contributed by atoms with van der Waals surface area (Å²) in [6.45, 7) is 4.12. The summed E-state index contributed by atoms with van der Waals surface area (Å²) in [5, 5.41) is 25.8. The number of amides is 3. The molecule has 36 heavy (non-hydrogen) atoms. The number of carboxylic acids is 2. The van der Waals surface area contributed by atoms with Gasteiger partial charge in [-0.1, -0.05) is 13.8 Å². The lowest BCUT2D eigenvalue weighted by Crippen LogP contribution is -2.58. The Balaban J connectivity index is 3.02. The highest BCUT2D eigenvalue weighted by molar-refractivity contribution is 5.95. The zero-order valence-electron chi connectivity index (χ0n) is 20.5. The van der Waals surface area contributed by atoms with Crippen LogP contribution in [-0.4, -0.2) is 80.6 Å². The summed E-state index contributed by atoms with van der Waals surface area (Å²) in [6, 6.07) is -4.96. The number of nitrogens with one attached hydrogen (secondary N) is 4. The molecule has 3 amide bonds. The number of aromatic amines is 1. The van der Waals surface area contributed by atoms with Crippen molar-refractivity contribution in [1.82, 2.24) is 25.9 Å². The van der Waals surface area contributed by atoms with Crippen molar-refractivity contribution in [2.75, 3.05) is 6.54 Å². The largest absolute Gasteiger partial charge is 0.481 e. The number of nitrogens with two attached hydrogens (primary N) is 2. The molecule has 10 N–H and O–H groups in total. The molecule has 1 rings (SSSR count). The molecule has 0 saturated carbocycles. The number of carboxylic acid groups (broad SMARTS) is 2. The van der Waals surface area contributed by atoms with Gasteiger partial charge in [-0.15, -0.1) is 0 Å². The van der Waals surface area contributed by atoms with Crippen LogP contribution in [0.3, 0.4) is 0 Å². The van der Waals surface area contributed by atoms with E-state index in [4.69, 9.17) is 11.5 Å². The van der Waals surface area contributed by atoms with Crippen LogP contribution in [0, 0.1) is 5.92 Å². The lowest BCUT2D eigenvalue weighted by Gasteiger charge is -2.24. The molecule has 1 aromatic rings. The fraction of sp³-hybridized carbons (Fsp3) is 0.636. The van der Waals surface area contributed by atoms with Crippen LogP contribution in [0.2, 0.25) is 0 Å². The van der Waals surface area contributed by atoms with Gasteiger partial charge in [-0.05, 0) is 38.1 Å². The molecule has 0 bridgehead atoms. The summed E-state index contributed by atoms with van der Waals surface area (Å²) in [6.07, 6.45) is 3.41. The number of nitrogens with zero attached hydrogens (tertiary/aromatic N) is 1. The number of hydrogen-bond acceptors (Lipinski definition) is 8. The van der Waals surface area contributed by atoms with Crippen LogP contribution < -0.4 is 27.4 Å². The topological polar surface area (TPSA) is 243 Å². The smallest absolute Gasteiger partial charge is 0.326 e. The summed E-state index contributed by atoms with van der Waals surface area (Å²) in [5.74, 6) is -4.97. The molecule has 0 fully saturated rings. The first-order chi connectivity index (χ1) is 16.9. The molecule has 0 aromatic carbocycles. The van der Waals surface area contributed by atoms with Crippen molar-refractivity contribution in [3.8, 4) is 0 Å². The Kier molecular flexibility index (Phi) is 13.1. The van der Waals surface area contributed by atoms with Gasteiger partial charge in [0.1, 0.15) is 18.1 Å². The predicted molar refractivity (Wildman–Crippen MR) is 128 cm³/mol. The van der Waals surface area contributed by atoms with Crippen LogP contribution in [0.25, 0.3) is 0 Å². The van der Waals surface area contributed by atoms with Crippen LogP contribution in [0.5, 0.6) is 0 Å². The summed E-state index contributed by atoms with van der Waals surface area (Å²) in [7, 11) is 0. The number of imidazole rings is 1. The molecular formula is C22H37N7O7. The molecule has 0 radical (unpaired) electrons. The van der Waals surface area contributed by atoms with Crippen LogP contribution >= 0.6 is 0 Å². The van der Waals surface area contributed by atoms with E-state index < -0.39 is 60.2 Å². The Hall–Kier alpha value is -3.52. The van der Waals surface area contributed by atoms with Crippen molar-refractivity contribution in [1.29, 1.82) is 0 Å². The van der Waals surface area contributed by atoms with Crippen molar-refractivity contribution in [2.24, 2.45) is 17.4 Å². The summed E-state index contributed by atoms with van der Waals surface area (Å²) >= 11 is 0. The Morgan fingerprint density at radius 2 is 1.58 bits per heavy atom. The minimum atomic E-state index is -1.59. The monoisotopic (exact) mass is 511 g/mol. The molecule has 4 atom stereocenters. The third-order valence-corrected chi connectivity index (χ3v) is 5.25. The van der Waals surface area contributed by atoms with E-state index >= 15 is 0 Å². The zero-order chi connectivity index (χ0) is 27.3. The van der Waals surface area contributed by atoms with Gasteiger partial charge in [0.2, 0.25) is 17.7 Å². The minimum Gasteiger partial charge on any atom is -0.481 e. The van der Waals surface area contributed by atoms with E-state index in [9.17, 15) is 34.2 Å². The Morgan fingerprint density at radius 1 is 0.972 bits per heavy atom.